The zero-order valence-corrected chi connectivity index (χ0v) is 19.6. The number of sulfonamides is 1. The topological polar surface area (TPSA) is 107 Å². The molecular formula is C24H27N3O5S. The van der Waals surface area contributed by atoms with Crippen LogP contribution in [0.1, 0.15) is 36.7 Å². The fraction of sp³-hybridized carbons (Fsp3) is 0.250. The van der Waals surface area contributed by atoms with E-state index in [-0.39, 0.29) is 23.5 Å². The molecule has 2 N–H and O–H groups in total. The molecule has 0 saturated carbocycles. The van der Waals surface area contributed by atoms with Crippen LogP contribution < -0.4 is 19.5 Å². The molecule has 0 atom stereocenters. The van der Waals surface area contributed by atoms with Gasteiger partial charge in [-0.15, -0.1) is 0 Å². The highest BCUT2D eigenvalue weighted by atomic mass is 32.2. The summed E-state index contributed by atoms with van der Waals surface area (Å²) in [6.07, 6.45) is 1.67. The summed E-state index contributed by atoms with van der Waals surface area (Å²) in [7, 11) is -3.79. The van der Waals surface area contributed by atoms with Crippen molar-refractivity contribution in [1.82, 2.24) is 10.3 Å². The number of ether oxygens (including phenoxy) is 2. The van der Waals surface area contributed by atoms with Crippen molar-refractivity contribution in [2.75, 3.05) is 11.3 Å². The molecule has 33 heavy (non-hydrogen) atoms. The molecule has 0 aliphatic carbocycles. The molecule has 0 fully saturated rings. The van der Waals surface area contributed by atoms with Crippen LogP contribution in [0.15, 0.2) is 71.8 Å². The third-order valence-electron chi connectivity index (χ3n) is 4.45. The Balaban J connectivity index is 1.58. The molecule has 1 heterocycles. The molecule has 9 heteroatoms. The number of carbonyl (C=O) groups excluding carboxylic acids is 1. The second-order valence-electron chi connectivity index (χ2n) is 7.44. The van der Waals surface area contributed by atoms with E-state index in [1.165, 1.54) is 24.3 Å². The van der Waals surface area contributed by atoms with Crippen LogP contribution in [0.25, 0.3) is 0 Å². The van der Waals surface area contributed by atoms with Gasteiger partial charge in [0.05, 0.1) is 17.6 Å². The number of nitrogens with zero attached hydrogens (tertiary/aromatic N) is 1. The quantitative estimate of drug-likeness (QED) is 0.465. The first-order valence-electron chi connectivity index (χ1n) is 10.5. The number of aromatic nitrogens is 1. The summed E-state index contributed by atoms with van der Waals surface area (Å²) < 4.78 is 38.6. The van der Waals surface area contributed by atoms with E-state index in [1.54, 1.807) is 36.5 Å². The average Bonchev–Trinajstić information content (AvgIpc) is 2.79. The maximum absolute atomic E-state index is 12.6. The summed E-state index contributed by atoms with van der Waals surface area (Å²) in [5, 5.41) is 2.79. The Labute approximate surface area is 194 Å². The van der Waals surface area contributed by atoms with Crippen LogP contribution in [-0.4, -0.2) is 32.0 Å². The Morgan fingerprint density at radius 1 is 1.00 bits per heavy atom. The van der Waals surface area contributed by atoms with Gasteiger partial charge < -0.3 is 14.8 Å². The number of anilines is 1. The van der Waals surface area contributed by atoms with Gasteiger partial charge in [-0.25, -0.2) is 13.4 Å². The zero-order valence-electron chi connectivity index (χ0n) is 18.7. The lowest BCUT2D eigenvalue weighted by Gasteiger charge is -2.11. The first-order chi connectivity index (χ1) is 15.8. The van der Waals surface area contributed by atoms with Crippen molar-refractivity contribution < 1.29 is 22.7 Å². The Morgan fingerprint density at radius 3 is 2.27 bits per heavy atom. The van der Waals surface area contributed by atoms with Gasteiger partial charge in [-0.1, -0.05) is 6.07 Å². The second-order valence-corrected chi connectivity index (χ2v) is 9.12. The summed E-state index contributed by atoms with van der Waals surface area (Å²) in [5.41, 5.74) is 1.58. The second kappa shape index (κ2) is 10.8. The van der Waals surface area contributed by atoms with Gasteiger partial charge in [0.25, 0.3) is 15.9 Å². The van der Waals surface area contributed by atoms with Gasteiger partial charge >= 0.3 is 0 Å². The number of benzene rings is 2. The van der Waals surface area contributed by atoms with Gasteiger partial charge in [0, 0.05) is 30.1 Å². The Morgan fingerprint density at radius 2 is 1.70 bits per heavy atom. The molecule has 0 radical (unpaired) electrons. The van der Waals surface area contributed by atoms with Crippen molar-refractivity contribution in [3.8, 4) is 11.6 Å². The smallest absolute Gasteiger partial charge is 0.261 e. The fourth-order valence-corrected chi connectivity index (χ4v) is 3.96. The molecule has 8 nitrogen and oxygen atoms in total. The normalized spacial score (nSPS) is 11.2. The van der Waals surface area contributed by atoms with Gasteiger partial charge in [0.2, 0.25) is 5.88 Å². The van der Waals surface area contributed by atoms with Crippen molar-refractivity contribution in [3.63, 3.8) is 0 Å². The highest BCUT2D eigenvalue weighted by Crippen LogP contribution is 2.20. The van der Waals surface area contributed by atoms with Crippen LogP contribution in [0.4, 0.5) is 5.69 Å². The lowest BCUT2D eigenvalue weighted by molar-refractivity contribution is 0.0951. The summed E-state index contributed by atoms with van der Waals surface area (Å²) in [6, 6.07) is 15.9. The van der Waals surface area contributed by atoms with Gasteiger partial charge in [0.1, 0.15) is 5.75 Å². The summed E-state index contributed by atoms with van der Waals surface area (Å²) in [6.45, 7) is 6.53. The number of nitrogens with one attached hydrogen (secondary N) is 2. The van der Waals surface area contributed by atoms with Crippen molar-refractivity contribution >= 4 is 21.6 Å². The molecule has 1 aromatic heterocycles. The number of amides is 1. The van der Waals surface area contributed by atoms with Crippen LogP contribution in [0, 0.1) is 0 Å². The molecule has 3 rings (SSSR count). The maximum Gasteiger partial charge on any atom is 0.261 e. The van der Waals surface area contributed by atoms with E-state index in [2.05, 4.69) is 15.0 Å². The Kier molecular flexibility index (Phi) is 7.89. The average molecular weight is 470 g/mol. The van der Waals surface area contributed by atoms with Crippen molar-refractivity contribution in [3.05, 3.63) is 78.0 Å². The summed E-state index contributed by atoms with van der Waals surface area (Å²) in [4.78, 5) is 16.7. The third-order valence-corrected chi connectivity index (χ3v) is 5.85. The molecule has 0 bridgehead atoms. The highest BCUT2D eigenvalue weighted by Gasteiger charge is 2.15. The fourth-order valence-electron chi connectivity index (χ4n) is 2.90. The van der Waals surface area contributed by atoms with Crippen LogP contribution in [0.5, 0.6) is 11.6 Å². The Bertz CT molecular complexity index is 1160. The van der Waals surface area contributed by atoms with E-state index in [4.69, 9.17) is 9.47 Å². The Hall–Kier alpha value is -3.59. The number of hydrogen-bond donors (Lipinski definition) is 2. The van der Waals surface area contributed by atoms with Crippen LogP contribution >= 0.6 is 0 Å². The predicted molar refractivity (Wildman–Crippen MR) is 126 cm³/mol. The summed E-state index contributed by atoms with van der Waals surface area (Å²) in [5.74, 6) is 0.864. The monoisotopic (exact) mass is 469 g/mol. The standard InChI is InChI=1S/C24H27N3O5S/c1-4-31-21-10-8-20(9-11-21)27-33(29,30)22-12-6-19(7-13-22)24(28)26-16-18-5-14-23(25-15-18)32-17(2)3/h5-15,17,27H,4,16H2,1-3H3,(H,26,28). The van der Waals surface area contributed by atoms with E-state index in [0.717, 1.165) is 5.56 Å². The first kappa shape index (κ1) is 24.1. The molecule has 174 valence electrons. The van der Waals surface area contributed by atoms with E-state index < -0.39 is 10.0 Å². The largest absolute Gasteiger partial charge is 0.494 e. The number of carbonyl (C=O) groups is 1. The third kappa shape index (κ3) is 6.95. The maximum atomic E-state index is 12.6. The van der Waals surface area contributed by atoms with Gasteiger partial charge in [-0.2, -0.15) is 0 Å². The number of rotatable bonds is 10. The van der Waals surface area contributed by atoms with Crippen molar-refractivity contribution in [2.45, 2.75) is 38.3 Å². The molecule has 3 aromatic rings. The first-order valence-corrected chi connectivity index (χ1v) is 12.0. The van der Waals surface area contributed by atoms with Crippen LogP contribution in [0.2, 0.25) is 0 Å². The van der Waals surface area contributed by atoms with Crippen molar-refractivity contribution in [2.24, 2.45) is 0 Å². The minimum Gasteiger partial charge on any atom is -0.494 e. The van der Waals surface area contributed by atoms with Crippen molar-refractivity contribution in [1.29, 1.82) is 0 Å². The molecule has 1 amide bonds. The predicted octanol–water partition coefficient (Wildman–Crippen LogP) is 4.00. The molecule has 2 aromatic carbocycles. The minimum absolute atomic E-state index is 0.0333. The number of pyridine rings is 1. The van der Waals surface area contributed by atoms with E-state index >= 15 is 0 Å². The van der Waals surface area contributed by atoms with Crippen LogP contribution in [-0.2, 0) is 16.6 Å². The highest BCUT2D eigenvalue weighted by molar-refractivity contribution is 7.92. The van der Waals surface area contributed by atoms with Gasteiger partial charge in [-0.3, -0.25) is 9.52 Å². The SMILES string of the molecule is CCOc1ccc(NS(=O)(=O)c2ccc(C(=O)NCc3ccc(OC(C)C)nc3)cc2)cc1. The molecule has 0 aliphatic heterocycles. The van der Waals surface area contributed by atoms with E-state index in [0.29, 0.717) is 29.5 Å². The molecule has 0 aliphatic rings. The lowest BCUT2D eigenvalue weighted by atomic mass is 10.2. The minimum atomic E-state index is -3.79. The molecule has 0 spiro atoms. The molecular weight excluding hydrogens is 442 g/mol. The van der Waals surface area contributed by atoms with E-state index in [9.17, 15) is 13.2 Å². The van der Waals surface area contributed by atoms with Gasteiger partial charge in [0.15, 0.2) is 0 Å². The lowest BCUT2D eigenvalue weighted by Crippen LogP contribution is -2.23. The molecule has 0 saturated heterocycles. The van der Waals surface area contributed by atoms with Crippen LogP contribution in [0.3, 0.4) is 0 Å². The zero-order chi connectivity index (χ0) is 23.8. The number of hydrogen-bond acceptors (Lipinski definition) is 6. The molecule has 0 unspecified atom stereocenters. The van der Waals surface area contributed by atoms with Gasteiger partial charge in [-0.05, 0) is 74.9 Å². The summed E-state index contributed by atoms with van der Waals surface area (Å²) >= 11 is 0. The van der Waals surface area contributed by atoms with E-state index in [1.807, 2.05) is 26.8 Å².